The molecule has 2 aromatic rings. The lowest BCUT2D eigenvalue weighted by molar-refractivity contribution is -0.116. The number of halogens is 1. The van der Waals surface area contributed by atoms with E-state index in [0.29, 0.717) is 18.0 Å². The second-order valence-corrected chi connectivity index (χ2v) is 6.64. The first-order valence-electron chi connectivity index (χ1n) is 6.85. The van der Waals surface area contributed by atoms with Crippen molar-refractivity contribution in [3.8, 4) is 0 Å². The maximum Gasteiger partial charge on any atom is 0.261 e. The Morgan fingerprint density at radius 2 is 2.09 bits per heavy atom. The number of nitrogens with zero attached hydrogens (tertiary/aromatic N) is 1. The molecule has 1 aromatic heterocycles. The van der Waals surface area contributed by atoms with E-state index in [4.69, 9.17) is 0 Å². The van der Waals surface area contributed by atoms with Crippen LogP contribution in [-0.4, -0.2) is 24.9 Å². The Morgan fingerprint density at radius 1 is 1.32 bits per heavy atom. The van der Waals surface area contributed by atoms with Crippen molar-refractivity contribution in [1.29, 1.82) is 0 Å². The Kier molecular flexibility index (Phi) is 5.74. The average molecular weight is 381 g/mol. The largest absolute Gasteiger partial charge is 0.350 e. The van der Waals surface area contributed by atoms with E-state index in [1.807, 2.05) is 36.6 Å². The fraction of sp³-hybridized carbons (Fsp3) is 0.250. The van der Waals surface area contributed by atoms with Crippen molar-refractivity contribution in [1.82, 2.24) is 5.32 Å². The number of carbonyl (C=O) groups is 2. The maximum absolute atomic E-state index is 11.9. The number of nitrogens with one attached hydrogen (secondary N) is 1. The first kappa shape index (κ1) is 16.7. The molecule has 0 spiro atoms. The van der Waals surface area contributed by atoms with Gasteiger partial charge in [-0.1, -0.05) is 22.0 Å². The van der Waals surface area contributed by atoms with Gasteiger partial charge in [0.1, 0.15) is 0 Å². The Hall–Kier alpha value is -1.66. The number of anilines is 1. The molecule has 2 amide bonds. The average Bonchev–Trinajstić information content (AvgIpc) is 3.00. The van der Waals surface area contributed by atoms with Crippen LogP contribution in [0.25, 0.3) is 0 Å². The number of benzene rings is 1. The lowest BCUT2D eigenvalue weighted by Crippen LogP contribution is -2.37. The number of thiophene rings is 1. The summed E-state index contributed by atoms with van der Waals surface area (Å²) >= 11 is 4.85. The second-order valence-electron chi connectivity index (χ2n) is 4.84. The predicted octanol–water partition coefficient (Wildman–Crippen LogP) is 3.60. The summed E-state index contributed by atoms with van der Waals surface area (Å²) in [5.74, 6) is -0.155. The summed E-state index contributed by atoms with van der Waals surface area (Å²) in [5.41, 5.74) is 1.89. The molecule has 0 aliphatic carbocycles. The molecular formula is C16H17BrN2O2S. The molecule has 1 N–H and O–H groups in total. The fourth-order valence-corrected chi connectivity index (χ4v) is 2.93. The molecule has 6 heteroatoms. The van der Waals surface area contributed by atoms with Crippen LogP contribution in [0.4, 0.5) is 5.69 Å². The van der Waals surface area contributed by atoms with E-state index in [0.717, 1.165) is 15.7 Å². The van der Waals surface area contributed by atoms with Gasteiger partial charge in [0.05, 0.1) is 4.88 Å². The SMILES string of the molecule is CC(=O)N(CCNC(=O)c1cccs1)c1ccc(Br)c(C)c1. The summed E-state index contributed by atoms with van der Waals surface area (Å²) < 4.78 is 1.01. The smallest absolute Gasteiger partial charge is 0.261 e. The molecule has 2 rings (SSSR count). The Bertz CT molecular complexity index is 671. The van der Waals surface area contributed by atoms with Crippen LogP contribution >= 0.6 is 27.3 Å². The van der Waals surface area contributed by atoms with E-state index in [2.05, 4.69) is 21.2 Å². The zero-order valence-electron chi connectivity index (χ0n) is 12.4. The lowest BCUT2D eigenvalue weighted by Gasteiger charge is -2.22. The molecule has 0 bridgehead atoms. The normalized spacial score (nSPS) is 10.3. The van der Waals surface area contributed by atoms with Crippen LogP contribution in [0, 0.1) is 6.92 Å². The highest BCUT2D eigenvalue weighted by atomic mass is 79.9. The van der Waals surface area contributed by atoms with Crippen molar-refractivity contribution in [3.05, 3.63) is 50.6 Å². The number of amides is 2. The molecule has 1 heterocycles. The molecule has 0 unspecified atom stereocenters. The van der Waals surface area contributed by atoms with Crippen molar-refractivity contribution in [2.75, 3.05) is 18.0 Å². The zero-order chi connectivity index (χ0) is 16.1. The minimum Gasteiger partial charge on any atom is -0.350 e. The standard InChI is InChI=1S/C16H17BrN2O2S/c1-11-10-13(5-6-14(11)17)19(12(2)20)8-7-18-16(21)15-4-3-9-22-15/h3-6,9-10H,7-8H2,1-2H3,(H,18,21). The molecule has 22 heavy (non-hydrogen) atoms. The molecule has 0 aliphatic heterocycles. The van der Waals surface area contributed by atoms with E-state index in [9.17, 15) is 9.59 Å². The molecule has 0 aliphatic rings. The minimum absolute atomic E-state index is 0.0490. The number of hydrogen-bond acceptors (Lipinski definition) is 3. The van der Waals surface area contributed by atoms with Crippen LogP contribution < -0.4 is 10.2 Å². The Labute approximate surface area is 142 Å². The lowest BCUT2D eigenvalue weighted by atomic mass is 10.2. The fourth-order valence-electron chi connectivity index (χ4n) is 2.04. The number of carbonyl (C=O) groups excluding carboxylic acids is 2. The van der Waals surface area contributed by atoms with Crippen molar-refractivity contribution >= 4 is 44.8 Å². The predicted molar refractivity (Wildman–Crippen MR) is 93.6 cm³/mol. The van der Waals surface area contributed by atoms with Gasteiger partial charge in [0.25, 0.3) is 5.91 Å². The van der Waals surface area contributed by atoms with Gasteiger partial charge >= 0.3 is 0 Å². The van der Waals surface area contributed by atoms with Gasteiger partial charge in [-0.05, 0) is 42.1 Å². The molecule has 1 aromatic carbocycles. The summed E-state index contributed by atoms with van der Waals surface area (Å²) in [6.07, 6.45) is 0. The van der Waals surface area contributed by atoms with Crippen LogP contribution in [-0.2, 0) is 4.79 Å². The maximum atomic E-state index is 11.9. The van der Waals surface area contributed by atoms with Gasteiger partial charge in [-0.15, -0.1) is 11.3 Å². The zero-order valence-corrected chi connectivity index (χ0v) is 14.8. The molecule has 0 saturated heterocycles. The van der Waals surface area contributed by atoms with Gasteiger partial charge < -0.3 is 10.2 Å². The molecule has 0 atom stereocenters. The summed E-state index contributed by atoms with van der Waals surface area (Å²) in [7, 11) is 0. The van der Waals surface area contributed by atoms with Crippen molar-refractivity contribution in [3.63, 3.8) is 0 Å². The van der Waals surface area contributed by atoms with Gasteiger partial charge in [0.2, 0.25) is 5.91 Å². The number of aryl methyl sites for hydroxylation is 1. The minimum atomic E-state index is -0.106. The third-order valence-corrected chi connectivity index (χ3v) is 4.96. The summed E-state index contributed by atoms with van der Waals surface area (Å²) in [6, 6.07) is 9.38. The first-order chi connectivity index (χ1) is 10.5. The van der Waals surface area contributed by atoms with Crippen LogP contribution in [0.3, 0.4) is 0 Å². The molecule has 0 radical (unpaired) electrons. The summed E-state index contributed by atoms with van der Waals surface area (Å²) in [4.78, 5) is 26.1. The van der Waals surface area contributed by atoms with E-state index in [1.54, 1.807) is 11.0 Å². The monoisotopic (exact) mass is 380 g/mol. The van der Waals surface area contributed by atoms with E-state index < -0.39 is 0 Å². The van der Waals surface area contributed by atoms with Crippen molar-refractivity contribution < 1.29 is 9.59 Å². The van der Waals surface area contributed by atoms with Gasteiger partial charge in [-0.2, -0.15) is 0 Å². The van der Waals surface area contributed by atoms with Crippen LogP contribution in [0.15, 0.2) is 40.2 Å². The highest BCUT2D eigenvalue weighted by molar-refractivity contribution is 9.10. The van der Waals surface area contributed by atoms with Crippen LogP contribution in [0.2, 0.25) is 0 Å². The third kappa shape index (κ3) is 4.18. The third-order valence-electron chi connectivity index (χ3n) is 3.20. The molecule has 0 saturated carbocycles. The molecular weight excluding hydrogens is 364 g/mol. The second kappa shape index (κ2) is 7.56. The van der Waals surface area contributed by atoms with Gasteiger partial charge in [0.15, 0.2) is 0 Å². The number of hydrogen-bond donors (Lipinski definition) is 1. The summed E-state index contributed by atoms with van der Waals surface area (Å²) in [6.45, 7) is 4.35. The first-order valence-corrected chi connectivity index (χ1v) is 8.52. The molecule has 116 valence electrons. The summed E-state index contributed by atoms with van der Waals surface area (Å²) in [5, 5.41) is 4.70. The van der Waals surface area contributed by atoms with Crippen molar-refractivity contribution in [2.24, 2.45) is 0 Å². The molecule has 4 nitrogen and oxygen atoms in total. The van der Waals surface area contributed by atoms with E-state index >= 15 is 0 Å². The highest BCUT2D eigenvalue weighted by Gasteiger charge is 2.13. The number of rotatable bonds is 5. The highest BCUT2D eigenvalue weighted by Crippen LogP contribution is 2.23. The van der Waals surface area contributed by atoms with Gasteiger partial charge in [-0.25, -0.2) is 0 Å². The van der Waals surface area contributed by atoms with E-state index in [1.165, 1.54) is 18.3 Å². The van der Waals surface area contributed by atoms with Crippen LogP contribution in [0.5, 0.6) is 0 Å². The Morgan fingerprint density at radius 3 is 2.68 bits per heavy atom. The van der Waals surface area contributed by atoms with Crippen LogP contribution in [0.1, 0.15) is 22.2 Å². The van der Waals surface area contributed by atoms with E-state index in [-0.39, 0.29) is 11.8 Å². The Balaban J connectivity index is 1.99. The van der Waals surface area contributed by atoms with Crippen molar-refractivity contribution in [2.45, 2.75) is 13.8 Å². The van der Waals surface area contributed by atoms with Gasteiger partial charge in [0, 0.05) is 30.2 Å². The molecule has 0 fully saturated rings. The van der Waals surface area contributed by atoms with Gasteiger partial charge in [-0.3, -0.25) is 9.59 Å². The topological polar surface area (TPSA) is 49.4 Å². The quantitative estimate of drug-likeness (QED) is 0.861.